The number of hydrogen-bond acceptors (Lipinski definition) is 3. The van der Waals surface area contributed by atoms with Gasteiger partial charge >= 0.3 is 0 Å². The van der Waals surface area contributed by atoms with Gasteiger partial charge in [0.05, 0.1) is 0 Å². The molecule has 0 amide bonds. The number of aliphatic hydroxyl groups excluding tert-OH is 1. The Kier molecular flexibility index (Phi) is 7.43. The number of hydrogen-bond donors (Lipinski definition) is 3. The SMILES string of the molecule is NCCCCCCNc1cccc(CCO)c1. The fourth-order valence-corrected chi connectivity index (χ4v) is 1.82. The summed E-state index contributed by atoms with van der Waals surface area (Å²) in [5, 5.41) is 12.3. The molecule has 0 saturated carbocycles. The van der Waals surface area contributed by atoms with Gasteiger partial charge in [-0.2, -0.15) is 0 Å². The molecule has 17 heavy (non-hydrogen) atoms. The van der Waals surface area contributed by atoms with Crippen LogP contribution in [0.5, 0.6) is 0 Å². The van der Waals surface area contributed by atoms with Crippen molar-refractivity contribution >= 4 is 5.69 Å². The lowest BCUT2D eigenvalue weighted by Gasteiger charge is -2.07. The van der Waals surface area contributed by atoms with Gasteiger partial charge in [-0.25, -0.2) is 0 Å². The molecular weight excluding hydrogens is 212 g/mol. The predicted molar refractivity (Wildman–Crippen MR) is 73.2 cm³/mol. The number of nitrogens with two attached hydrogens (primary N) is 1. The van der Waals surface area contributed by atoms with E-state index in [-0.39, 0.29) is 6.61 Å². The highest BCUT2D eigenvalue weighted by Gasteiger charge is 1.95. The normalized spacial score (nSPS) is 10.5. The van der Waals surface area contributed by atoms with E-state index in [9.17, 15) is 0 Å². The Hall–Kier alpha value is -1.06. The molecule has 0 radical (unpaired) electrons. The third kappa shape index (κ3) is 6.29. The highest BCUT2D eigenvalue weighted by molar-refractivity contribution is 5.45. The largest absolute Gasteiger partial charge is 0.396 e. The summed E-state index contributed by atoms with van der Waals surface area (Å²) in [6.07, 6.45) is 5.51. The fourth-order valence-electron chi connectivity index (χ4n) is 1.82. The first kappa shape index (κ1) is 14.0. The van der Waals surface area contributed by atoms with Crippen LogP contribution in [0.1, 0.15) is 31.2 Å². The lowest BCUT2D eigenvalue weighted by atomic mass is 10.1. The van der Waals surface area contributed by atoms with E-state index in [2.05, 4.69) is 17.4 Å². The molecule has 1 aromatic rings. The molecule has 96 valence electrons. The van der Waals surface area contributed by atoms with Crippen LogP contribution in [0, 0.1) is 0 Å². The standard InChI is InChI=1S/C14H24N2O/c15-9-3-1-2-4-10-16-14-7-5-6-13(12-14)8-11-17/h5-7,12,16-17H,1-4,8-11,15H2. The number of unbranched alkanes of at least 4 members (excludes halogenated alkanes) is 3. The number of aliphatic hydroxyl groups is 1. The molecular formula is C14H24N2O. The summed E-state index contributed by atoms with van der Waals surface area (Å²) < 4.78 is 0. The quantitative estimate of drug-likeness (QED) is 0.576. The summed E-state index contributed by atoms with van der Waals surface area (Å²) in [6, 6.07) is 8.25. The first-order valence-corrected chi connectivity index (χ1v) is 6.50. The van der Waals surface area contributed by atoms with Crippen LogP contribution in [0.25, 0.3) is 0 Å². The van der Waals surface area contributed by atoms with E-state index in [0.717, 1.165) is 31.6 Å². The highest BCUT2D eigenvalue weighted by Crippen LogP contribution is 2.11. The first-order valence-electron chi connectivity index (χ1n) is 6.50. The Balaban J connectivity index is 2.19. The second-order valence-corrected chi connectivity index (χ2v) is 4.30. The van der Waals surface area contributed by atoms with Gasteiger partial charge in [-0.3, -0.25) is 0 Å². The lowest BCUT2D eigenvalue weighted by Crippen LogP contribution is -2.03. The molecule has 0 aliphatic carbocycles. The molecule has 0 aliphatic rings. The smallest absolute Gasteiger partial charge is 0.0471 e. The monoisotopic (exact) mass is 236 g/mol. The van der Waals surface area contributed by atoms with Crippen LogP contribution in [-0.2, 0) is 6.42 Å². The zero-order valence-electron chi connectivity index (χ0n) is 10.5. The zero-order chi connectivity index (χ0) is 12.3. The maximum absolute atomic E-state index is 8.88. The Morgan fingerprint density at radius 2 is 1.94 bits per heavy atom. The van der Waals surface area contributed by atoms with E-state index in [1.54, 1.807) is 0 Å². The van der Waals surface area contributed by atoms with E-state index >= 15 is 0 Å². The molecule has 0 bridgehead atoms. The van der Waals surface area contributed by atoms with Crippen molar-refractivity contribution in [1.29, 1.82) is 0 Å². The van der Waals surface area contributed by atoms with E-state index in [0.29, 0.717) is 0 Å². The van der Waals surface area contributed by atoms with Crippen LogP contribution in [0.3, 0.4) is 0 Å². The molecule has 3 heteroatoms. The van der Waals surface area contributed by atoms with Gasteiger partial charge in [0.2, 0.25) is 0 Å². The lowest BCUT2D eigenvalue weighted by molar-refractivity contribution is 0.299. The van der Waals surface area contributed by atoms with Crippen LogP contribution in [0.2, 0.25) is 0 Å². The summed E-state index contributed by atoms with van der Waals surface area (Å²) in [4.78, 5) is 0. The van der Waals surface area contributed by atoms with Crippen molar-refractivity contribution in [3.05, 3.63) is 29.8 Å². The summed E-state index contributed by atoms with van der Waals surface area (Å²) in [5.74, 6) is 0. The summed E-state index contributed by atoms with van der Waals surface area (Å²) >= 11 is 0. The van der Waals surface area contributed by atoms with Crippen molar-refractivity contribution in [2.45, 2.75) is 32.1 Å². The van der Waals surface area contributed by atoms with Crippen LogP contribution in [0.15, 0.2) is 24.3 Å². The van der Waals surface area contributed by atoms with Crippen LogP contribution in [0.4, 0.5) is 5.69 Å². The van der Waals surface area contributed by atoms with Crippen molar-refractivity contribution in [2.75, 3.05) is 25.0 Å². The zero-order valence-corrected chi connectivity index (χ0v) is 10.5. The second-order valence-electron chi connectivity index (χ2n) is 4.30. The Bertz CT molecular complexity index is 302. The van der Waals surface area contributed by atoms with Crippen LogP contribution in [-0.4, -0.2) is 24.8 Å². The average Bonchev–Trinajstić information content (AvgIpc) is 2.35. The maximum atomic E-state index is 8.88. The molecule has 0 aliphatic heterocycles. The topological polar surface area (TPSA) is 58.3 Å². The molecule has 0 aromatic heterocycles. The Morgan fingerprint density at radius 3 is 2.71 bits per heavy atom. The van der Waals surface area contributed by atoms with Crippen molar-refractivity contribution in [3.63, 3.8) is 0 Å². The molecule has 1 rings (SSSR count). The summed E-state index contributed by atoms with van der Waals surface area (Å²) in [5.41, 5.74) is 7.77. The van der Waals surface area contributed by atoms with E-state index in [4.69, 9.17) is 10.8 Å². The number of anilines is 1. The average molecular weight is 236 g/mol. The molecule has 0 fully saturated rings. The molecule has 0 saturated heterocycles. The Labute approximate surface area is 104 Å². The van der Waals surface area contributed by atoms with Gasteiger partial charge in [0.15, 0.2) is 0 Å². The minimum atomic E-state index is 0.211. The molecule has 4 N–H and O–H groups in total. The molecule has 1 aromatic carbocycles. The molecule has 0 atom stereocenters. The maximum Gasteiger partial charge on any atom is 0.0471 e. The van der Waals surface area contributed by atoms with Crippen LogP contribution < -0.4 is 11.1 Å². The fraction of sp³-hybridized carbons (Fsp3) is 0.571. The number of benzene rings is 1. The van der Waals surface area contributed by atoms with Gasteiger partial charge in [0.1, 0.15) is 0 Å². The third-order valence-electron chi connectivity index (χ3n) is 2.79. The van der Waals surface area contributed by atoms with Gasteiger partial charge in [0.25, 0.3) is 0 Å². The van der Waals surface area contributed by atoms with Gasteiger partial charge in [-0.05, 0) is 43.5 Å². The van der Waals surface area contributed by atoms with Crippen molar-refractivity contribution < 1.29 is 5.11 Å². The summed E-state index contributed by atoms with van der Waals surface area (Å²) in [6.45, 7) is 2.02. The van der Waals surface area contributed by atoms with E-state index < -0.39 is 0 Å². The van der Waals surface area contributed by atoms with Gasteiger partial charge < -0.3 is 16.2 Å². The molecule has 3 nitrogen and oxygen atoms in total. The highest BCUT2D eigenvalue weighted by atomic mass is 16.2. The predicted octanol–water partition coefficient (Wildman–Crippen LogP) is 2.15. The van der Waals surface area contributed by atoms with Crippen molar-refractivity contribution in [2.24, 2.45) is 5.73 Å². The van der Waals surface area contributed by atoms with E-state index in [1.807, 2.05) is 12.1 Å². The van der Waals surface area contributed by atoms with Gasteiger partial charge in [-0.15, -0.1) is 0 Å². The number of rotatable bonds is 9. The summed E-state index contributed by atoms with van der Waals surface area (Å²) in [7, 11) is 0. The Morgan fingerprint density at radius 1 is 1.12 bits per heavy atom. The second kappa shape index (κ2) is 9.02. The van der Waals surface area contributed by atoms with E-state index in [1.165, 1.54) is 24.8 Å². The molecule has 0 spiro atoms. The van der Waals surface area contributed by atoms with Crippen molar-refractivity contribution in [1.82, 2.24) is 0 Å². The molecule has 0 unspecified atom stereocenters. The first-order chi connectivity index (χ1) is 8.36. The van der Waals surface area contributed by atoms with Crippen molar-refractivity contribution in [3.8, 4) is 0 Å². The third-order valence-corrected chi connectivity index (χ3v) is 2.79. The number of nitrogens with one attached hydrogen (secondary N) is 1. The minimum absolute atomic E-state index is 0.211. The minimum Gasteiger partial charge on any atom is -0.396 e. The van der Waals surface area contributed by atoms with Crippen LogP contribution >= 0.6 is 0 Å². The van der Waals surface area contributed by atoms with Gasteiger partial charge in [-0.1, -0.05) is 25.0 Å². The van der Waals surface area contributed by atoms with Gasteiger partial charge in [0, 0.05) is 18.8 Å². The molecule has 0 heterocycles.